The maximum atomic E-state index is 6.22. The van der Waals surface area contributed by atoms with E-state index in [1.165, 1.54) is 5.52 Å². The quantitative estimate of drug-likeness (QED) is 0.846. The highest BCUT2D eigenvalue weighted by atomic mass is 15.0. The maximum Gasteiger partial charge on any atom is 0.0880 e. The molecule has 90 valence electrons. The van der Waals surface area contributed by atoms with Gasteiger partial charge in [0.25, 0.3) is 0 Å². The van der Waals surface area contributed by atoms with Gasteiger partial charge in [0.05, 0.1) is 22.6 Å². The topological polar surface area (TPSA) is 43.0 Å². The summed E-state index contributed by atoms with van der Waals surface area (Å²) in [4.78, 5) is 0. The molecule has 0 aliphatic rings. The molecule has 1 aromatic heterocycles. The molecule has 1 heterocycles. The first-order chi connectivity index (χ1) is 8.20. The lowest BCUT2D eigenvalue weighted by molar-refractivity contribution is 0.694. The van der Waals surface area contributed by atoms with Crippen molar-refractivity contribution in [3.05, 3.63) is 36.5 Å². The fourth-order valence-electron chi connectivity index (χ4n) is 2.23. The van der Waals surface area contributed by atoms with Crippen molar-refractivity contribution >= 4 is 22.3 Å². The van der Waals surface area contributed by atoms with Gasteiger partial charge in [0.2, 0.25) is 0 Å². The van der Waals surface area contributed by atoms with Crippen LogP contribution < -0.4 is 11.1 Å². The molecule has 0 amide bonds. The number of benzene rings is 1. The zero-order chi connectivity index (χ0) is 12.4. The third-order valence-corrected chi connectivity index (χ3v) is 3.04. The normalized spacial score (nSPS) is 10.7. The molecule has 0 aliphatic carbocycles. The van der Waals surface area contributed by atoms with Crippen LogP contribution in [0, 0.1) is 0 Å². The van der Waals surface area contributed by atoms with E-state index in [4.69, 9.17) is 5.73 Å². The lowest BCUT2D eigenvalue weighted by atomic mass is 10.2. The third-order valence-electron chi connectivity index (χ3n) is 3.04. The number of nitrogens with zero attached hydrogens (tertiary/aromatic N) is 1. The van der Waals surface area contributed by atoms with Gasteiger partial charge in [-0.05, 0) is 12.5 Å². The number of hydrogen-bond donors (Lipinski definition) is 2. The van der Waals surface area contributed by atoms with Crippen molar-refractivity contribution in [1.82, 2.24) is 9.88 Å². The van der Waals surface area contributed by atoms with Gasteiger partial charge in [-0.25, -0.2) is 0 Å². The van der Waals surface area contributed by atoms with Crippen LogP contribution in [0.5, 0.6) is 0 Å². The summed E-state index contributed by atoms with van der Waals surface area (Å²) in [5, 5.41) is 4.19. The van der Waals surface area contributed by atoms with Crippen molar-refractivity contribution in [2.75, 3.05) is 12.8 Å². The van der Waals surface area contributed by atoms with Crippen LogP contribution in [-0.4, -0.2) is 11.6 Å². The molecule has 17 heavy (non-hydrogen) atoms. The Balaban J connectivity index is 2.75. The first-order valence-corrected chi connectivity index (χ1v) is 5.94. The number of nitrogen functional groups attached to an aromatic ring is 1. The Kier molecular flexibility index (Phi) is 3.09. The average Bonchev–Trinajstić information content (AvgIpc) is 2.63. The molecular formula is C14H19N3. The largest absolute Gasteiger partial charge is 0.396 e. The molecule has 0 atom stereocenters. The molecular weight excluding hydrogens is 210 g/mol. The Morgan fingerprint density at radius 3 is 2.76 bits per heavy atom. The number of anilines is 1. The van der Waals surface area contributed by atoms with Crippen molar-refractivity contribution in [3.63, 3.8) is 0 Å². The van der Waals surface area contributed by atoms with Gasteiger partial charge in [-0.15, -0.1) is 0 Å². The van der Waals surface area contributed by atoms with Crippen molar-refractivity contribution in [1.29, 1.82) is 0 Å². The highest BCUT2D eigenvalue weighted by Gasteiger charge is 2.15. The third kappa shape index (κ3) is 1.78. The number of aromatic nitrogens is 1. The van der Waals surface area contributed by atoms with Gasteiger partial charge in [-0.2, -0.15) is 0 Å². The zero-order valence-corrected chi connectivity index (χ0v) is 10.5. The Morgan fingerprint density at radius 1 is 1.41 bits per heavy atom. The Morgan fingerprint density at radius 2 is 2.12 bits per heavy atom. The van der Waals surface area contributed by atoms with Crippen LogP contribution in [0.4, 0.5) is 5.69 Å². The van der Waals surface area contributed by atoms with E-state index in [1.54, 1.807) is 0 Å². The van der Waals surface area contributed by atoms with E-state index in [-0.39, 0.29) is 0 Å². The number of nitrogens with two attached hydrogens (primary N) is 1. The van der Waals surface area contributed by atoms with Crippen molar-refractivity contribution in [3.8, 4) is 0 Å². The van der Waals surface area contributed by atoms with Crippen molar-refractivity contribution in [2.45, 2.75) is 19.9 Å². The van der Waals surface area contributed by atoms with E-state index >= 15 is 0 Å². The summed E-state index contributed by atoms with van der Waals surface area (Å²) in [6, 6.07) is 8.22. The Bertz CT molecular complexity index is 552. The summed E-state index contributed by atoms with van der Waals surface area (Å²) in [6.07, 6.45) is 1.07. The van der Waals surface area contributed by atoms with Crippen molar-refractivity contribution in [2.24, 2.45) is 0 Å². The molecule has 0 bridgehead atoms. The number of para-hydroxylation sites is 1. The predicted octanol–water partition coefficient (Wildman–Crippen LogP) is 2.82. The average molecular weight is 229 g/mol. The number of aryl methyl sites for hydroxylation is 1. The van der Waals surface area contributed by atoms with E-state index in [9.17, 15) is 0 Å². The van der Waals surface area contributed by atoms with Gasteiger partial charge in [-0.3, -0.25) is 0 Å². The fraction of sp³-hybridized carbons (Fsp3) is 0.286. The summed E-state index contributed by atoms with van der Waals surface area (Å²) in [7, 11) is 1.87. The molecule has 1 aromatic carbocycles. The van der Waals surface area contributed by atoms with Crippen LogP contribution in [0.15, 0.2) is 30.8 Å². The number of hydrogen-bond acceptors (Lipinski definition) is 2. The van der Waals surface area contributed by atoms with Gasteiger partial charge in [-0.1, -0.05) is 31.7 Å². The second-order valence-electron chi connectivity index (χ2n) is 4.16. The minimum absolute atomic E-state index is 0.813. The predicted molar refractivity (Wildman–Crippen MR) is 74.7 cm³/mol. The van der Waals surface area contributed by atoms with Crippen LogP contribution >= 0.6 is 0 Å². The van der Waals surface area contributed by atoms with Crippen molar-refractivity contribution < 1.29 is 0 Å². The van der Waals surface area contributed by atoms with Crippen LogP contribution in [0.25, 0.3) is 16.6 Å². The Labute approximate surface area is 102 Å². The minimum Gasteiger partial charge on any atom is -0.396 e. The molecule has 0 saturated heterocycles. The molecule has 2 rings (SSSR count). The van der Waals surface area contributed by atoms with Gasteiger partial charge >= 0.3 is 0 Å². The molecule has 3 N–H and O–H groups in total. The summed E-state index contributed by atoms with van der Waals surface area (Å²) in [6.45, 7) is 7.15. The van der Waals surface area contributed by atoms with Gasteiger partial charge in [0.15, 0.2) is 0 Å². The number of nitrogens with one attached hydrogen (secondary N) is 1. The van der Waals surface area contributed by atoms with Crippen LogP contribution in [-0.2, 0) is 6.54 Å². The van der Waals surface area contributed by atoms with E-state index in [0.717, 1.165) is 35.4 Å². The van der Waals surface area contributed by atoms with E-state index in [1.807, 2.05) is 19.2 Å². The van der Waals surface area contributed by atoms with Crippen LogP contribution in [0.3, 0.4) is 0 Å². The minimum atomic E-state index is 0.813. The molecule has 0 saturated carbocycles. The monoisotopic (exact) mass is 229 g/mol. The summed E-state index contributed by atoms with van der Waals surface area (Å²) >= 11 is 0. The highest BCUT2D eigenvalue weighted by Crippen LogP contribution is 2.31. The lowest BCUT2D eigenvalue weighted by Gasteiger charge is -2.11. The smallest absolute Gasteiger partial charge is 0.0880 e. The van der Waals surface area contributed by atoms with Gasteiger partial charge in [0, 0.05) is 19.0 Å². The first-order valence-electron chi connectivity index (χ1n) is 5.94. The molecule has 3 nitrogen and oxygen atoms in total. The number of rotatable bonds is 4. The van der Waals surface area contributed by atoms with Gasteiger partial charge in [0.1, 0.15) is 0 Å². The second kappa shape index (κ2) is 4.53. The van der Waals surface area contributed by atoms with E-state index < -0.39 is 0 Å². The molecule has 0 aliphatic heterocycles. The first kappa shape index (κ1) is 11.6. The van der Waals surface area contributed by atoms with E-state index in [0.29, 0.717) is 0 Å². The molecule has 2 aromatic rings. The standard InChI is InChI=1S/C14H19N3/c1-4-9-17-12-8-6-5-7-11(12)13(15)14(17)10(2)16-3/h5-8,16H,2,4,9,15H2,1,3H3. The zero-order valence-electron chi connectivity index (χ0n) is 10.5. The SMILES string of the molecule is C=C(NC)c1c(N)c2ccccc2n1CCC. The van der Waals surface area contributed by atoms with Crippen LogP contribution in [0.2, 0.25) is 0 Å². The van der Waals surface area contributed by atoms with E-state index in [2.05, 4.69) is 35.5 Å². The second-order valence-corrected chi connectivity index (χ2v) is 4.16. The number of fused-ring (bicyclic) bond motifs is 1. The summed E-state index contributed by atoms with van der Waals surface area (Å²) in [5.74, 6) is 0. The molecule has 0 spiro atoms. The summed E-state index contributed by atoms with van der Waals surface area (Å²) in [5.41, 5.74) is 10.1. The van der Waals surface area contributed by atoms with Gasteiger partial charge < -0.3 is 15.6 Å². The Hall–Kier alpha value is -1.90. The molecule has 3 heteroatoms. The molecule has 0 unspecified atom stereocenters. The van der Waals surface area contributed by atoms with Crippen LogP contribution in [0.1, 0.15) is 19.0 Å². The molecule has 0 fully saturated rings. The molecule has 0 radical (unpaired) electrons. The fourth-order valence-corrected chi connectivity index (χ4v) is 2.23. The maximum absolute atomic E-state index is 6.22. The summed E-state index contributed by atoms with van der Waals surface area (Å²) < 4.78 is 2.24. The highest BCUT2D eigenvalue weighted by molar-refractivity contribution is 5.98. The lowest BCUT2D eigenvalue weighted by Crippen LogP contribution is -2.11.